The molecule has 2 heterocycles. The number of nitrogens with zero attached hydrogens (tertiary/aromatic N) is 2. The van der Waals surface area contributed by atoms with Crippen LogP contribution in [0.2, 0.25) is 0 Å². The van der Waals surface area contributed by atoms with Crippen molar-refractivity contribution in [3.63, 3.8) is 0 Å². The van der Waals surface area contributed by atoms with Crippen LogP contribution < -0.4 is 5.32 Å². The average molecular weight is 329 g/mol. The lowest BCUT2D eigenvalue weighted by Gasteiger charge is -2.33. The lowest BCUT2D eigenvalue weighted by molar-refractivity contribution is 0.168. The molecule has 1 aliphatic rings. The first-order valence-corrected chi connectivity index (χ1v) is 8.82. The first kappa shape index (κ1) is 16.8. The Hall–Kier alpha value is -2.01. The van der Waals surface area contributed by atoms with Crippen LogP contribution in [0.5, 0.6) is 0 Å². The van der Waals surface area contributed by atoms with Gasteiger partial charge in [0.2, 0.25) is 0 Å². The van der Waals surface area contributed by atoms with E-state index in [2.05, 4.69) is 17.1 Å². The number of piperidine rings is 1. The van der Waals surface area contributed by atoms with Crippen molar-refractivity contribution in [3.05, 3.63) is 36.1 Å². The summed E-state index contributed by atoms with van der Waals surface area (Å²) in [6, 6.07) is 10.1. The normalized spacial score (nSPS) is 17.8. The standard InChI is InChI=1S/C19H27N3O2/c1-4-22-11-9-16(10-12-22)20-19(23)21(3)14(2)18-13-15-7-5-6-8-17(15)24-18/h5-8,13-14,16H,4,9-12H2,1-3H3,(H,20,23)/t14-/m1/s1. The fourth-order valence-electron chi connectivity index (χ4n) is 3.25. The van der Waals surface area contributed by atoms with Gasteiger partial charge in [0, 0.05) is 31.6 Å². The van der Waals surface area contributed by atoms with E-state index in [1.165, 1.54) is 0 Å². The van der Waals surface area contributed by atoms with Gasteiger partial charge in [0.05, 0.1) is 6.04 Å². The van der Waals surface area contributed by atoms with Gasteiger partial charge in [-0.3, -0.25) is 0 Å². The molecule has 1 aromatic carbocycles. The fourth-order valence-corrected chi connectivity index (χ4v) is 3.25. The quantitative estimate of drug-likeness (QED) is 0.932. The Balaban J connectivity index is 1.60. The van der Waals surface area contributed by atoms with Crippen LogP contribution in [-0.2, 0) is 0 Å². The predicted octanol–water partition coefficient (Wildman–Crippen LogP) is 3.62. The van der Waals surface area contributed by atoms with Gasteiger partial charge in [0.15, 0.2) is 0 Å². The van der Waals surface area contributed by atoms with Gasteiger partial charge in [-0.2, -0.15) is 0 Å². The van der Waals surface area contributed by atoms with Gasteiger partial charge in [0.1, 0.15) is 11.3 Å². The summed E-state index contributed by atoms with van der Waals surface area (Å²) in [5.74, 6) is 0.814. The third-order valence-electron chi connectivity index (χ3n) is 5.12. The molecular formula is C19H27N3O2. The summed E-state index contributed by atoms with van der Waals surface area (Å²) in [4.78, 5) is 16.7. The van der Waals surface area contributed by atoms with Gasteiger partial charge >= 0.3 is 6.03 Å². The Labute approximate surface area is 143 Å². The highest BCUT2D eigenvalue weighted by Gasteiger charge is 2.24. The highest BCUT2D eigenvalue weighted by Crippen LogP contribution is 2.26. The molecule has 24 heavy (non-hydrogen) atoms. The van der Waals surface area contributed by atoms with Crippen molar-refractivity contribution in [1.82, 2.24) is 15.1 Å². The number of fused-ring (bicyclic) bond motifs is 1. The Morgan fingerprint density at radius 1 is 1.38 bits per heavy atom. The van der Waals surface area contributed by atoms with E-state index >= 15 is 0 Å². The van der Waals surface area contributed by atoms with Crippen LogP contribution in [0.15, 0.2) is 34.7 Å². The summed E-state index contributed by atoms with van der Waals surface area (Å²) in [7, 11) is 1.83. The van der Waals surface area contributed by atoms with Crippen molar-refractivity contribution in [2.75, 3.05) is 26.7 Å². The van der Waals surface area contributed by atoms with E-state index in [0.29, 0.717) is 0 Å². The molecule has 0 aliphatic carbocycles. The molecule has 2 amide bonds. The zero-order chi connectivity index (χ0) is 17.1. The Bertz CT molecular complexity index is 656. The first-order valence-electron chi connectivity index (χ1n) is 8.82. The minimum atomic E-state index is -0.104. The van der Waals surface area contributed by atoms with Crippen LogP contribution in [0.4, 0.5) is 4.79 Å². The molecule has 1 aliphatic heterocycles. The number of furan rings is 1. The highest BCUT2D eigenvalue weighted by molar-refractivity contribution is 5.78. The van der Waals surface area contributed by atoms with Crippen LogP contribution >= 0.6 is 0 Å². The molecule has 1 atom stereocenters. The summed E-state index contributed by atoms with van der Waals surface area (Å²) in [5.41, 5.74) is 0.861. The molecule has 3 rings (SSSR count). The maximum Gasteiger partial charge on any atom is 0.317 e. The Kier molecular flexibility index (Phi) is 5.09. The topological polar surface area (TPSA) is 48.7 Å². The number of carbonyl (C=O) groups is 1. The monoisotopic (exact) mass is 329 g/mol. The molecule has 2 aromatic rings. The fraction of sp³-hybridized carbons (Fsp3) is 0.526. The van der Waals surface area contributed by atoms with E-state index in [9.17, 15) is 4.79 Å². The number of para-hydroxylation sites is 1. The number of urea groups is 1. The van der Waals surface area contributed by atoms with E-state index in [0.717, 1.165) is 49.2 Å². The highest BCUT2D eigenvalue weighted by atomic mass is 16.3. The minimum absolute atomic E-state index is 0.0297. The van der Waals surface area contributed by atoms with Crippen molar-refractivity contribution in [1.29, 1.82) is 0 Å². The molecule has 1 N–H and O–H groups in total. The third-order valence-corrected chi connectivity index (χ3v) is 5.12. The van der Waals surface area contributed by atoms with Crippen molar-refractivity contribution in [2.45, 2.75) is 38.8 Å². The summed E-state index contributed by atoms with van der Waals surface area (Å²) < 4.78 is 5.89. The summed E-state index contributed by atoms with van der Waals surface area (Å²) in [5, 5.41) is 4.24. The minimum Gasteiger partial charge on any atom is -0.459 e. The first-order chi connectivity index (χ1) is 11.6. The van der Waals surface area contributed by atoms with Crippen molar-refractivity contribution in [3.8, 4) is 0 Å². The number of benzene rings is 1. The lowest BCUT2D eigenvalue weighted by Crippen LogP contribution is -2.48. The van der Waals surface area contributed by atoms with E-state index in [-0.39, 0.29) is 18.1 Å². The largest absolute Gasteiger partial charge is 0.459 e. The zero-order valence-electron chi connectivity index (χ0n) is 14.8. The lowest BCUT2D eigenvalue weighted by atomic mass is 10.1. The van der Waals surface area contributed by atoms with Gasteiger partial charge in [-0.1, -0.05) is 25.1 Å². The van der Waals surface area contributed by atoms with Crippen LogP contribution in [0.1, 0.15) is 38.5 Å². The Morgan fingerprint density at radius 2 is 2.08 bits per heavy atom. The summed E-state index contributed by atoms with van der Waals surface area (Å²) in [6.07, 6.45) is 2.04. The number of rotatable bonds is 4. The van der Waals surface area contributed by atoms with Crippen molar-refractivity contribution < 1.29 is 9.21 Å². The molecule has 0 radical (unpaired) electrons. The molecular weight excluding hydrogens is 302 g/mol. The Morgan fingerprint density at radius 3 is 2.75 bits per heavy atom. The molecule has 5 nitrogen and oxygen atoms in total. The number of nitrogens with one attached hydrogen (secondary N) is 1. The molecule has 0 bridgehead atoms. The average Bonchev–Trinajstić information content (AvgIpc) is 3.05. The molecule has 0 unspecified atom stereocenters. The predicted molar refractivity (Wildman–Crippen MR) is 96.1 cm³/mol. The molecule has 130 valence electrons. The second-order valence-electron chi connectivity index (χ2n) is 6.63. The van der Waals surface area contributed by atoms with E-state index in [4.69, 9.17) is 4.42 Å². The maximum atomic E-state index is 12.6. The third kappa shape index (κ3) is 3.56. The van der Waals surface area contributed by atoms with Crippen LogP contribution in [0, 0.1) is 0 Å². The van der Waals surface area contributed by atoms with Gasteiger partial charge < -0.3 is 19.5 Å². The maximum absolute atomic E-state index is 12.6. The van der Waals surface area contributed by atoms with Crippen LogP contribution in [-0.4, -0.2) is 48.6 Å². The van der Waals surface area contributed by atoms with E-state index in [1.807, 2.05) is 44.3 Å². The molecule has 0 saturated carbocycles. The number of likely N-dealkylation sites (tertiary alicyclic amines) is 1. The second-order valence-corrected chi connectivity index (χ2v) is 6.63. The van der Waals surface area contributed by atoms with Gasteiger partial charge in [-0.05, 0) is 38.4 Å². The molecule has 1 aromatic heterocycles. The second kappa shape index (κ2) is 7.26. The van der Waals surface area contributed by atoms with Gasteiger partial charge in [-0.25, -0.2) is 4.79 Å². The zero-order valence-corrected chi connectivity index (χ0v) is 14.8. The number of amides is 2. The smallest absolute Gasteiger partial charge is 0.317 e. The van der Waals surface area contributed by atoms with Crippen molar-refractivity contribution >= 4 is 17.0 Å². The van der Waals surface area contributed by atoms with Gasteiger partial charge in [-0.15, -0.1) is 0 Å². The van der Waals surface area contributed by atoms with Crippen LogP contribution in [0.25, 0.3) is 11.0 Å². The van der Waals surface area contributed by atoms with E-state index < -0.39 is 0 Å². The number of carbonyl (C=O) groups excluding carboxylic acids is 1. The number of hydrogen-bond acceptors (Lipinski definition) is 3. The summed E-state index contributed by atoms with van der Waals surface area (Å²) in [6.45, 7) is 7.39. The SMILES string of the molecule is CCN1CCC(NC(=O)N(C)[C@H](C)c2cc3ccccc3o2)CC1. The van der Waals surface area contributed by atoms with Crippen LogP contribution in [0.3, 0.4) is 0 Å². The van der Waals surface area contributed by atoms with E-state index in [1.54, 1.807) is 4.90 Å². The van der Waals surface area contributed by atoms with Gasteiger partial charge in [0.25, 0.3) is 0 Å². The van der Waals surface area contributed by atoms with Crippen molar-refractivity contribution in [2.24, 2.45) is 0 Å². The molecule has 1 saturated heterocycles. The number of hydrogen-bond donors (Lipinski definition) is 1. The molecule has 1 fully saturated rings. The summed E-state index contributed by atoms with van der Waals surface area (Å²) >= 11 is 0. The molecule has 0 spiro atoms. The molecule has 5 heteroatoms.